The number of nitrogens with one attached hydrogen (secondary N) is 1. The van der Waals surface area contributed by atoms with Crippen molar-refractivity contribution in [1.82, 2.24) is 9.88 Å². The van der Waals surface area contributed by atoms with Crippen molar-refractivity contribution in [1.29, 1.82) is 0 Å². The van der Waals surface area contributed by atoms with Crippen LogP contribution >= 0.6 is 0 Å². The maximum atomic E-state index is 14.1. The van der Waals surface area contributed by atoms with Gasteiger partial charge in [-0.1, -0.05) is 44.2 Å². The normalized spacial score (nSPS) is 17.5. The van der Waals surface area contributed by atoms with Crippen LogP contribution in [-0.2, 0) is 28.9 Å². The van der Waals surface area contributed by atoms with Crippen LogP contribution in [-0.4, -0.2) is 27.6 Å². The summed E-state index contributed by atoms with van der Waals surface area (Å²) in [6.07, 6.45) is 3.06. The molecule has 1 aliphatic carbocycles. The minimum Gasteiger partial charge on any atom is -0.480 e. The number of carboxylic acids is 1. The molecule has 1 aromatic heterocycles. The highest BCUT2D eigenvalue weighted by atomic mass is 19.1. The van der Waals surface area contributed by atoms with Crippen molar-refractivity contribution < 1.29 is 19.1 Å². The van der Waals surface area contributed by atoms with Crippen LogP contribution in [0.1, 0.15) is 49.6 Å². The Kier molecular flexibility index (Phi) is 6.31. The number of halogens is 1. The van der Waals surface area contributed by atoms with Crippen molar-refractivity contribution in [3.63, 3.8) is 0 Å². The number of rotatable bonds is 7. The Hall–Kier alpha value is -3.15. The van der Waals surface area contributed by atoms with Crippen molar-refractivity contribution >= 4 is 22.8 Å². The first kappa shape index (κ1) is 22.1. The third kappa shape index (κ3) is 4.27. The van der Waals surface area contributed by atoms with E-state index in [1.54, 1.807) is 6.07 Å². The predicted molar refractivity (Wildman–Crippen MR) is 122 cm³/mol. The van der Waals surface area contributed by atoms with E-state index in [1.807, 2.05) is 48.7 Å². The van der Waals surface area contributed by atoms with Crippen molar-refractivity contribution in [2.24, 2.45) is 5.92 Å². The van der Waals surface area contributed by atoms with Gasteiger partial charge in [0.2, 0.25) is 5.91 Å². The molecular weight excluding hydrogens is 407 g/mol. The van der Waals surface area contributed by atoms with Crippen molar-refractivity contribution in [2.45, 2.75) is 58.0 Å². The van der Waals surface area contributed by atoms with Gasteiger partial charge >= 0.3 is 5.97 Å². The maximum Gasteiger partial charge on any atom is 0.326 e. The second-order valence-electron chi connectivity index (χ2n) is 8.76. The number of aliphatic carboxylic acids is 1. The number of aromatic nitrogens is 1. The monoisotopic (exact) mass is 436 g/mol. The maximum absolute atomic E-state index is 14.1. The van der Waals surface area contributed by atoms with E-state index in [-0.39, 0.29) is 23.7 Å². The van der Waals surface area contributed by atoms with Crippen LogP contribution in [0.15, 0.2) is 48.5 Å². The molecule has 168 valence electrons. The average Bonchev–Trinajstić information content (AvgIpc) is 3.07. The summed E-state index contributed by atoms with van der Waals surface area (Å²) in [6.45, 7) is 3.77. The van der Waals surface area contributed by atoms with E-state index in [4.69, 9.17) is 0 Å². The van der Waals surface area contributed by atoms with Crippen molar-refractivity contribution in [2.75, 3.05) is 0 Å². The SMILES string of the molecule is CCC(C(=O)O)n1c2c(c3cc(F)ccc31)CC(NC(=O)[C@H](C)Cc1ccccc1)CC2. The summed E-state index contributed by atoms with van der Waals surface area (Å²) in [5.41, 5.74) is 3.77. The zero-order valence-electron chi connectivity index (χ0n) is 18.5. The van der Waals surface area contributed by atoms with Gasteiger partial charge in [0.25, 0.3) is 0 Å². The number of hydrogen-bond acceptors (Lipinski definition) is 2. The topological polar surface area (TPSA) is 71.3 Å². The van der Waals surface area contributed by atoms with E-state index < -0.39 is 12.0 Å². The first-order valence-electron chi connectivity index (χ1n) is 11.3. The summed E-state index contributed by atoms with van der Waals surface area (Å²) in [4.78, 5) is 24.7. The van der Waals surface area contributed by atoms with E-state index in [0.29, 0.717) is 25.7 Å². The molecule has 3 atom stereocenters. The first-order chi connectivity index (χ1) is 15.4. The van der Waals surface area contributed by atoms with E-state index in [9.17, 15) is 19.1 Å². The molecule has 4 rings (SSSR count). The largest absolute Gasteiger partial charge is 0.480 e. The molecule has 0 saturated carbocycles. The van der Waals surface area contributed by atoms with Crippen molar-refractivity contribution in [3.8, 4) is 0 Å². The third-order valence-corrected chi connectivity index (χ3v) is 6.52. The molecule has 2 aromatic carbocycles. The van der Waals surface area contributed by atoms with Crippen LogP contribution in [0.25, 0.3) is 10.9 Å². The molecule has 0 saturated heterocycles. The van der Waals surface area contributed by atoms with E-state index in [2.05, 4.69) is 5.32 Å². The van der Waals surface area contributed by atoms with Crippen LogP contribution in [0.5, 0.6) is 0 Å². The fraction of sp³-hybridized carbons (Fsp3) is 0.385. The molecule has 0 aliphatic heterocycles. The van der Waals surface area contributed by atoms with Crippen LogP contribution in [0, 0.1) is 11.7 Å². The number of carboxylic acid groups (broad SMARTS) is 1. The summed E-state index contributed by atoms with van der Waals surface area (Å²) in [5.74, 6) is -1.38. The minimum absolute atomic E-state index is 0.00851. The summed E-state index contributed by atoms with van der Waals surface area (Å²) < 4.78 is 15.9. The lowest BCUT2D eigenvalue weighted by Gasteiger charge is -2.27. The standard InChI is InChI=1S/C26H29FN2O3/c1-3-22(26(31)32)29-23-11-9-18(27)14-20(23)21-15-19(10-12-24(21)29)28-25(30)16(2)13-17-7-5-4-6-8-17/h4-9,11,14,16,19,22H,3,10,12-13,15H2,1-2H3,(H,28,30)(H,31,32)/t16-,19?,22?/m1/s1. The zero-order chi connectivity index (χ0) is 22.8. The van der Waals surface area contributed by atoms with Gasteiger partial charge in [0.15, 0.2) is 0 Å². The minimum atomic E-state index is -0.887. The Bertz CT molecular complexity index is 1140. The number of carbonyl (C=O) groups is 2. The summed E-state index contributed by atoms with van der Waals surface area (Å²) >= 11 is 0. The number of nitrogens with zero attached hydrogens (tertiary/aromatic N) is 1. The summed E-state index contributed by atoms with van der Waals surface area (Å²) in [5, 5.41) is 13.7. The molecule has 5 nitrogen and oxygen atoms in total. The molecule has 2 N–H and O–H groups in total. The van der Waals surface area contributed by atoms with Crippen LogP contribution < -0.4 is 5.32 Å². The van der Waals surface area contributed by atoms with Gasteiger partial charge in [0, 0.05) is 28.6 Å². The van der Waals surface area contributed by atoms with E-state index in [0.717, 1.165) is 34.1 Å². The highest BCUT2D eigenvalue weighted by molar-refractivity contribution is 5.88. The Labute approximate surface area is 187 Å². The van der Waals surface area contributed by atoms with Gasteiger partial charge in [-0.3, -0.25) is 4.79 Å². The van der Waals surface area contributed by atoms with Crippen molar-refractivity contribution in [3.05, 3.63) is 71.2 Å². The number of amides is 1. The molecular formula is C26H29FN2O3. The lowest BCUT2D eigenvalue weighted by atomic mass is 9.90. The number of benzene rings is 2. The lowest BCUT2D eigenvalue weighted by Crippen LogP contribution is -2.42. The number of fused-ring (bicyclic) bond motifs is 3. The van der Waals surface area contributed by atoms with Gasteiger partial charge in [-0.15, -0.1) is 0 Å². The molecule has 0 fully saturated rings. The van der Waals surface area contributed by atoms with Gasteiger partial charge in [-0.2, -0.15) is 0 Å². The van der Waals surface area contributed by atoms with Crippen LogP contribution in [0.2, 0.25) is 0 Å². The Morgan fingerprint density at radius 2 is 1.97 bits per heavy atom. The number of hydrogen-bond donors (Lipinski definition) is 2. The molecule has 0 spiro atoms. The number of carbonyl (C=O) groups excluding carboxylic acids is 1. The molecule has 6 heteroatoms. The highest BCUT2D eigenvalue weighted by Crippen LogP contribution is 2.36. The second-order valence-corrected chi connectivity index (χ2v) is 8.76. The summed E-state index contributed by atoms with van der Waals surface area (Å²) in [7, 11) is 0. The molecule has 0 bridgehead atoms. The van der Waals surface area contributed by atoms with Gasteiger partial charge < -0.3 is 15.0 Å². The third-order valence-electron chi connectivity index (χ3n) is 6.52. The zero-order valence-corrected chi connectivity index (χ0v) is 18.5. The van der Waals surface area contributed by atoms with Crippen LogP contribution in [0.3, 0.4) is 0 Å². The Balaban J connectivity index is 1.58. The molecule has 2 unspecified atom stereocenters. The second kappa shape index (κ2) is 9.15. The molecule has 0 radical (unpaired) electrons. The Morgan fingerprint density at radius 1 is 1.22 bits per heavy atom. The van der Waals surface area contributed by atoms with Gasteiger partial charge in [0.05, 0.1) is 0 Å². The molecule has 1 aliphatic rings. The van der Waals surface area contributed by atoms with Gasteiger partial charge in [-0.05, 0) is 61.4 Å². The molecule has 1 heterocycles. The van der Waals surface area contributed by atoms with E-state index in [1.165, 1.54) is 12.1 Å². The fourth-order valence-corrected chi connectivity index (χ4v) is 4.92. The quantitative estimate of drug-likeness (QED) is 0.566. The lowest BCUT2D eigenvalue weighted by molar-refractivity contribution is -0.141. The average molecular weight is 437 g/mol. The first-order valence-corrected chi connectivity index (χ1v) is 11.3. The van der Waals surface area contributed by atoms with Crippen LogP contribution in [0.4, 0.5) is 4.39 Å². The fourth-order valence-electron chi connectivity index (χ4n) is 4.92. The molecule has 32 heavy (non-hydrogen) atoms. The Morgan fingerprint density at radius 3 is 2.66 bits per heavy atom. The highest BCUT2D eigenvalue weighted by Gasteiger charge is 2.31. The van der Waals surface area contributed by atoms with E-state index >= 15 is 0 Å². The summed E-state index contributed by atoms with van der Waals surface area (Å²) in [6, 6.07) is 13.7. The van der Waals surface area contributed by atoms with Gasteiger partial charge in [0.1, 0.15) is 11.9 Å². The molecule has 1 amide bonds. The predicted octanol–water partition coefficient (Wildman–Crippen LogP) is 4.67. The molecule has 3 aromatic rings. The smallest absolute Gasteiger partial charge is 0.326 e. The van der Waals surface area contributed by atoms with Gasteiger partial charge in [-0.25, -0.2) is 9.18 Å².